The normalized spacial score (nSPS) is 16.2. The molecule has 0 unspecified atom stereocenters. The molecule has 2 aromatic rings. The van der Waals surface area contributed by atoms with Crippen molar-refractivity contribution in [2.75, 3.05) is 38.1 Å². The number of likely N-dealkylation sites (tertiary alicyclic amines) is 1. The maximum Gasteiger partial charge on any atom is 0.337 e. The van der Waals surface area contributed by atoms with E-state index in [1.807, 2.05) is 42.3 Å². The van der Waals surface area contributed by atoms with E-state index in [9.17, 15) is 15.0 Å². The number of carboxylic acids is 1. The summed E-state index contributed by atoms with van der Waals surface area (Å²) in [6.45, 7) is 9.96. The number of nitrogens with zero attached hydrogens (tertiary/aromatic N) is 3. The Kier molecular flexibility index (Phi) is 6.53. The van der Waals surface area contributed by atoms with Crippen LogP contribution in [0.15, 0.2) is 48.5 Å². The van der Waals surface area contributed by atoms with E-state index < -0.39 is 11.6 Å². The highest BCUT2D eigenvalue weighted by atomic mass is 16.4. The molecule has 1 aliphatic rings. The number of carbonyl (C=O) groups is 1. The summed E-state index contributed by atoms with van der Waals surface area (Å²) < 4.78 is 0. The van der Waals surface area contributed by atoms with Gasteiger partial charge in [0.1, 0.15) is 0 Å². The lowest BCUT2D eigenvalue weighted by atomic mass is 9.90. The zero-order valence-electron chi connectivity index (χ0n) is 16.7. The Balaban J connectivity index is 1.52. The molecular formula is C23H27N3O3. The predicted molar refractivity (Wildman–Crippen MR) is 114 cm³/mol. The fourth-order valence-electron chi connectivity index (χ4n) is 3.89. The van der Waals surface area contributed by atoms with Crippen LogP contribution in [-0.2, 0) is 6.42 Å². The number of rotatable bonds is 7. The number of piperidine rings is 1. The maximum absolute atomic E-state index is 11.5. The SMILES string of the molecule is [C-]#[N+]c1ccc(CCN2CCC(O)(CN(C)c3ccccc3C(=O)O)CC2)cc1. The first kappa shape index (κ1) is 20.8. The topological polar surface area (TPSA) is 68.4 Å². The molecule has 2 N–H and O–H groups in total. The minimum absolute atomic E-state index is 0.250. The van der Waals surface area contributed by atoms with E-state index in [-0.39, 0.29) is 5.56 Å². The van der Waals surface area contributed by atoms with Crippen LogP contribution in [0.5, 0.6) is 0 Å². The molecule has 6 nitrogen and oxygen atoms in total. The number of hydrogen-bond acceptors (Lipinski definition) is 4. The molecule has 0 aliphatic carbocycles. The third kappa shape index (κ3) is 5.35. The van der Waals surface area contributed by atoms with Crippen molar-refractivity contribution in [3.8, 4) is 0 Å². The number of para-hydroxylation sites is 1. The molecule has 6 heteroatoms. The number of carboxylic acid groups (broad SMARTS) is 1. The van der Waals surface area contributed by atoms with Gasteiger partial charge in [-0.05, 0) is 37.0 Å². The van der Waals surface area contributed by atoms with E-state index >= 15 is 0 Å². The van der Waals surface area contributed by atoms with Crippen LogP contribution in [0.4, 0.5) is 11.4 Å². The molecule has 0 atom stereocenters. The highest BCUT2D eigenvalue weighted by Gasteiger charge is 2.33. The molecule has 152 valence electrons. The summed E-state index contributed by atoms with van der Waals surface area (Å²) in [6.07, 6.45) is 2.23. The van der Waals surface area contributed by atoms with E-state index in [2.05, 4.69) is 9.74 Å². The zero-order valence-corrected chi connectivity index (χ0v) is 16.7. The summed E-state index contributed by atoms with van der Waals surface area (Å²) in [5.41, 5.74) is 1.92. The van der Waals surface area contributed by atoms with E-state index in [4.69, 9.17) is 6.57 Å². The van der Waals surface area contributed by atoms with Gasteiger partial charge in [0.2, 0.25) is 0 Å². The van der Waals surface area contributed by atoms with Crippen LogP contribution >= 0.6 is 0 Å². The van der Waals surface area contributed by atoms with Gasteiger partial charge in [-0.1, -0.05) is 36.4 Å². The first-order valence-electron chi connectivity index (χ1n) is 9.85. The number of aromatic carboxylic acids is 1. The molecule has 3 rings (SSSR count). The predicted octanol–water partition coefficient (Wildman–Crippen LogP) is 3.44. The summed E-state index contributed by atoms with van der Waals surface area (Å²) in [4.78, 5) is 19.1. The first-order valence-corrected chi connectivity index (χ1v) is 9.85. The van der Waals surface area contributed by atoms with Gasteiger partial charge in [-0.15, -0.1) is 0 Å². The summed E-state index contributed by atoms with van der Waals surface area (Å²) in [5.74, 6) is -0.960. The van der Waals surface area contributed by atoms with E-state index in [0.29, 0.717) is 30.8 Å². The third-order valence-electron chi connectivity index (χ3n) is 5.65. The van der Waals surface area contributed by atoms with Crippen molar-refractivity contribution < 1.29 is 15.0 Å². The summed E-state index contributed by atoms with van der Waals surface area (Å²) in [5, 5.41) is 20.4. The number of aliphatic hydroxyl groups is 1. The number of likely N-dealkylation sites (N-methyl/N-ethyl adjacent to an activating group) is 1. The number of anilines is 1. The molecule has 1 aliphatic heterocycles. The van der Waals surface area contributed by atoms with Gasteiger partial charge in [-0.2, -0.15) is 0 Å². The molecule has 0 saturated carbocycles. The zero-order chi connectivity index (χ0) is 20.9. The Hall–Kier alpha value is -2.88. The molecule has 0 spiro atoms. The lowest BCUT2D eigenvalue weighted by Gasteiger charge is -2.41. The molecule has 0 radical (unpaired) electrons. The molecule has 0 aromatic heterocycles. The molecule has 1 heterocycles. The van der Waals surface area contributed by atoms with Gasteiger partial charge in [0, 0.05) is 33.2 Å². The fraction of sp³-hybridized carbons (Fsp3) is 0.391. The van der Waals surface area contributed by atoms with Gasteiger partial charge in [0.15, 0.2) is 5.69 Å². The Morgan fingerprint density at radius 2 is 1.83 bits per heavy atom. The second kappa shape index (κ2) is 9.08. The van der Waals surface area contributed by atoms with Crippen molar-refractivity contribution in [3.05, 3.63) is 71.1 Å². The number of hydrogen-bond donors (Lipinski definition) is 2. The van der Waals surface area contributed by atoms with Crippen LogP contribution in [0.25, 0.3) is 4.85 Å². The van der Waals surface area contributed by atoms with Crippen LogP contribution in [-0.4, -0.2) is 59.9 Å². The summed E-state index contributed by atoms with van der Waals surface area (Å²) >= 11 is 0. The van der Waals surface area contributed by atoms with Crippen LogP contribution in [0.1, 0.15) is 28.8 Å². The molecule has 1 saturated heterocycles. The van der Waals surface area contributed by atoms with Gasteiger partial charge >= 0.3 is 5.97 Å². The van der Waals surface area contributed by atoms with E-state index in [1.54, 1.807) is 18.2 Å². The third-order valence-corrected chi connectivity index (χ3v) is 5.65. The fourth-order valence-corrected chi connectivity index (χ4v) is 3.89. The quantitative estimate of drug-likeness (QED) is 0.706. The van der Waals surface area contributed by atoms with Crippen molar-refractivity contribution in [3.63, 3.8) is 0 Å². The monoisotopic (exact) mass is 393 g/mol. The van der Waals surface area contributed by atoms with Gasteiger partial charge in [0.05, 0.1) is 23.4 Å². The van der Waals surface area contributed by atoms with E-state index in [1.165, 1.54) is 5.56 Å². The molecule has 0 bridgehead atoms. The molecule has 1 fully saturated rings. The second-order valence-corrected chi connectivity index (χ2v) is 7.77. The van der Waals surface area contributed by atoms with Crippen molar-refractivity contribution in [2.45, 2.75) is 24.9 Å². The number of benzene rings is 2. The van der Waals surface area contributed by atoms with Crippen molar-refractivity contribution >= 4 is 17.3 Å². The summed E-state index contributed by atoms with van der Waals surface area (Å²) in [6, 6.07) is 14.6. The largest absolute Gasteiger partial charge is 0.478 e. The Labute approximate surface area is 171 Å². The highest BCUT2D eigenvalue weighted by Crippen LogP contribution is 2.27. The van der Waals surface area contributed by atoms with Crippen LogP contribution in [0.3, 0.4) is 0 Å². The minimum atomic E-state index is -0.960. The van der Waals surface area contributed by atoms with Crippen LogP contribution in [0.2, 0.25) is 0 Å². The van der Waals surface area contributed by atoms with Gasteiger partial charge in [-0.3, -0.25) is 0 Å². The molecular weight excluding hydrogens is 366 g/mol. The molecule has 0 amide bonds. The van der Waals surface area contributed by atoms with Gasteiger partial charge in [-0.25, -0.2) is 9.64 Å². The van der Waals surface area contributed by atoms with Crippen LogP contribution in [0, 0.1) is 6.57 Å². The summed E-state index contributed by atoms with van der Waals surface area (Å²) in [7, 11) is 1.83. The average Bonchev–Trinajstić information content (AvgIpc) is 2.73. The molecule has 2 aromatic carbocycles. The Morgan fingerprint density at radius 1 is 1.17 bits per heavy atom. The molecule has 29 heavy (non-hydrogen) atoms. The van der Waals surface area contributed by atoms with Gasteiger partial charge in [0.25, 0.3) is 0 Å². The lowest BCUT2D eigenvalue weighted by molar-refractivity contribution is -0.0137. The van der Waals surface area contributed by atoms with Crippen molar-refractivity contribution in [1.82, 2.24) is 4.90 Å². The maximum atomic E-state index is 11.5. The first-order chi connectivity index (χ1) is 13.9. The van der Waals surface area contributed by atoms with Crippen LogP contribution < -0.4 is 4.90 Å². The standard InChI is InChI=1S/C23H27N3O3/c1-24-19-9-7-18(8-10-19)11-14-26-15-12-23(29,13-16-26)17-25(2)21-6-4-3-5-20(21)22(27)28/h3-10,29H,11-17H2,2H3,(H,27,28). The Morgan fingerprint density at radius 3 is 2.45 bits per heavy atom. The Bertz CT molecular complexity index is 881. The highest BCUT2D eigenvalue weighted by molar-refractivity contribution is 5.94. The van der Waals surface area contributed by atoms with Gasteiger partial charge < -0.3 is 20.0 Å². The van der Waals surface area contributed by atoms with E-state index in [0.717, 1.165) is 26.1 Å². The minimum Gasteiger partial charge on any atom is -0.478 e. The smallest absolute Gasteiger partial charge is 0.337 e. The van der Waals surface area contributed by atoms with Crippen molar-refractivity contribution in [2.24, 2.45) is 0 Å². The average molecular weight is 393 g/mol. The second-order valence-electron chi connectivity index (χ2n) is 7.77. The lowest BCUT2D eigenvalue weighted by Crippen LogP contribution is -2.50. The van der Waals surface area contributed by atoms with Crippen molar-refractivity contribution in [1.29, 1.82) is 0 Å².